The van der Waals surface area contributed by atoms with Gasteiger partial charge < -0.3 is 14.4 Å². The molecule has 0 amide bonds. The zero-order chi connectivity index (χ0) is 27.0. The molecule has 0 N–H and O–H groups in total. The lowest BCUT2D eigenvalue weighted by Crippen LogP contribution is -2.21. The minimum atomic E-state index is -0.180. The molecule has 0 aliphatic heterocycles. The molecule has 0 spiro atoms. The van der Waals surface area contributed by atoms with E-state index in [9.17, 15) is 0 Å². The van der Waals surface area contributed by atoms with Gasteiger partial charge in [-0.1, -0.05) is 92.2 Å². The molecule has 38 heavy (non-hydrogen) atoms. The maximum Gasteiger partial charge on any atom is 0.118 e. The molecule has 0 aromatic heterocycles. The molecule has 4 rings (SSSR count). The van der Waals surface area contributed by atoms with Crippen LogP contribution in [0.1, 0.15) is 31.9 Å². The van der Waals surface area contributed by atoms with Gasteiger partial charge in [-0.05, 0) is 72.2 Å². The molecule has 4 aromatic carbocycles. The van der Waals surface area contributed by atoms with Gasteiger partial charge >= 0.3 is 0 Å². The Morgan fingerprint density at radius 3 is 1.74 bits per heavy atom. The van der Waals surface area contributed by atoms with Gasteiger partial charge in [-0.25, -0.2) is 0 Å². The fraction of sp³-hybridized carbons (Fsp3) is 0.200. The Hall–Kier alpha value is -4.08. The van der Waals surface area contributed by atoms with Crippen molar-refractivity contribution < 1.29 is 9.47 Å². The van der Waals surface area contributed by atoms with Gasteiger partial charge in [0.2, 0.25) is 0 Å². The minimum absolute atomic E-state index is 0.180. The van der Waals surface area contributed by atoms with Crippen LogP contribution >= 0.6 is 0 Å². The highest BCUT2D eigenvalue weighted by atomic mass is 16.5. The third-order valence-corrected chi connectivity index (χ3v) is 7.19. The molecule has 0 saturated heterocycles. The number of rotatable bonds is 10. The highest BCUT2D eigenvalue weighted by Crippen LogP contribution is 2.38. The average molecular weight is 504 g/mol. The maximum absolute atomic E-state index is 5.59. The van der Waals surface area contributed by atoms with Gasteiger partial charge in [0.05, 0.1) is 13.7 Å². The number of hydrogen-bond acceptors (Lipinski definition) is 3. The largest absolute Gasteiger partial charge is 0.497 e. The summed E-state index contributed by atoms with van der Waals surface area (Å²) in [5.41, 5.74) is 8.04. The number of allylic oxidation sites excluding steroid dienone is 1. The monoisotopic (exact) mass is 503 g/mol. The smallest absolute Gasteiger partial charge is 0.118 e. The first kappa shape index (κ1) is 27.0. The number of hydrogen-bond donors (Lipinski definition) is 0. The molecule has 0 unspecified atom stereocenters. The van der Waals surface area contributed by atoms with E-state index in [2.05, 4.69) is 123 Å². The molecular formula is C35H37NO2. The lowest BCUT2D eigenvalue weighted by Gasteiger charge is -2.30. The summed E-state index contributed by atoms with van der Waals surface area (Å²) < 4.78 is 10.9. The molecule has 0 aliphatic rings. The predicted octanol–water partition coefficient (Wildman–Crippen LogP) is 9.12. The summed E-state index contributed by atoms with van der Waals surface area (Å²) in [6, 6.07) is 38.0. The van der Waals surface area contributed by atoms with Gasteiger partial charge in [0, 0.05) is 29.6 Å². The van der Waals surface area contributed by atoms with Gasteiger partial charge in [0.25, 0.3) is 0 Å². The number of para-hydroxylation sites is 2. The second-order valence-corrected chi connectivity index (χ2v) is 9.87. The SMILES string of the molecule is COC/C(C=Cc1ccc(OC)cc1)=C(/C)C(C)(C)c1ccc(N(c2ccccc2)c2ccccc2)cc1. The van der Waals surface area contributed by atoms with E-state index < -0.39 is 0 Å². The first-order valence-electron chi connectivity index (χ1n) is 13.0. The maximum atomic E-state index is 5.59. The topological polar surface area (TPSA) is 21.7 Å². The molecule has 0 saturated carbocycles. The number of nitrogens with zero attached hydrogens (tertiary/aromatic N) is 1. The van der Waals surface area contributed by atoms with Crippen LogP contribution in [0.15, 0.2) is 126 Å². The molecule has 4 aromatic rings. The van der Waals surface area contributed by atoms with Crippen molar-refractivity contribution >= 4 is 23.1 Å². The zero-order valence-electron chi connectivity index (χ0n) is 23.0. The average Bonchev–Trinajstić information content (AvgIpc) is 2.97. The third kappa shape index (κ3) is 6.24. The lowest BCUT2D eigenvalue weighted by molar-refractivity contribution is 0.226. The van der Waals surface area contributed by atoms with Crippen molar-refractivity contribution in [2.45, 2.75) is 26.2 Å². The van der Waals surface area contributed by atoms with Gasteiger partial charge in [-0.3, -0.25) is 0 Å². The van der Waals surface area contributed by atoms with Crippen molar-refractivity contribution in [1.82, 2.24) is 0 Å². The van der Waals surface area contributed by atoms with E-state index >= 15 is 0 Å². The van der Waals surface area contributed by atoms with Gasteiger partial charge in [-0.15, -0.1) is 0 Å². The Bertz CT molecular complexity index is 1310. The lowest BCUT2D eigenvalue weighted by atomic mass is 9.76. The molecule has 3 heteroatoms. The predicted molar refractivity (Wildman–Crippen MR) is 161 cm³/mol. The molecule has 3 nitrogen and oxygen atoms in total. The fourth-order valence-electron chi connectivity index (χ4n) is 4.60. The van der Waals surface area contributed by atoms with Gasteiger partial charge in [0.15, 0.2) is 0 Å². The van der Waals surface area contributed by atoms with E-state index in [0.717, 1.165) is 28.4 Å². The molecule has 0 atom stereocenters. The van der Waals surface area contributed by atoms with Crippen molar-refractivity contribution in [1.29, 1.82) is 0 Å². The van der Waals surface area contributed by atoms with E-state index in [4.69, 9.17) is 9.47 Å². The van der Waals surface area contributed by atoms with Crippen LogP contribution in [0.4, 0.5) is 17.1 Å². The quantitative estimate of drug-likeness (QED) is 0.201. The number of anilines is 3. The Morgan fingerprint density at radius 2 is 1.24 bits per heavy atom. The standard InChI is InChI=1S/C35H37NO2/c1-27(29(26-37-4)19-16-28-17-24-34(38-5)25-18-28)35(2,3)30-20-22-33(23-21-30)36(31-12-8-6-9-13-31)32-14-10-7-11-15-32/h6-25H,26H2,1-5H3/b19-16?,29-27-. The Labute approximate surface area is 227 Å². The summed E-state index contributed by atoms with van der Waals surface area (Å²) in [6.07, 6.45) is 4.30. The van der Waals surface area contributed by atoms with Crippen molar-refractivity contribution in [2.75, 3.05) is 25.7 Å². The van der Waals surface area contributed by atoms with Crippen LogP contribution < -0.4 is 9.64 Å². The molecule has 0 fully saturated rings. The highest BCUT2D eigenvalue weighted by Gasteiger charge is 2.25. The van der Waals surface area contributed by atoms with E-state index in [1.54, 1.807) is 14.2 Å². The third-order valence-electron chi connectivity index (χ3n) is 7.19. The molecule has 0 radical (unpaired) electrons. The summed E-state index contributed by atoms with van der Waals surface area (Å²) >= 11 is 0. The first-order chi connectivity index (χ1) is 18.4. The number of ether oxygens (including phenoxy) is 2. The number of methoxy groups -OCH3 is 2. The Kier molecular flexibility index (Phi) is 8.83. The molecule has 0 aliphatic carbocycles. The van der Waals surface area contributed by atoms with E-state index in [0.29, 0.717) is 6.61 Å². The summed E-state index contributed by atoms with van der Waals surface area (Å²) in [6.45, 7) is 7.32. The van der Waals surface area contributed by atoms with Crippen LogP contribution in [-0.4, -0.2) is 20.8 Å². The van der Waals surface area contributed by atoms with Crippen LogP contribution in [-0.2, 0) is 10.2 Å². The zero-order valence-corrected chi connectivity index (χ0v) is 23.0. The van der Waals surface area contributed by atoms with Crippen molar-refractivity contribution in [3.8, 4) is 5.75 Å². The summed E-state index contributed by atoms with van der Waals surface area (Å²) in [7, 11) is 3.43. The fourth-order valence-corrected chi connectivity index (χ4v) is 4.60. The molecule has 194 valence electrons. The van der Waals surface area contributed by atoms with Crippen LogP contribution in [0, 0.1) is 0 Å². The molecule has 0 bridgehead atoms. The normalized spacial score (nSPS) is 12.3. The summed E-state index contributed by atoms with van der Waals surface area (Å²) in [4.78, 5) is 2.29. The molecule has 0 heterocycles. The van der Waals surface area contributed by atoms with Gasteiger partial charge in [0.1, 0.15) is 5.75 Å². The van der Waals surface area contributed by atoms with E-state index in [-0.39, 0.29) is 5.41 Å². The Morgan fingerprint density at radius 1 is 0.711 bits per heavy atom. The first-order valence-corrected chi connectivity index (χ1v) is 13.0. The van der Waals surface area contributed by atoms with Crippen LogP contribution in [0.25, 0.3) is 6.08 Å². The second-order valence-electron chi connectivity index (χ2n) is 9.87. The number of benzene rings is 4. The highest BCUT2D eigenvalue weighted by molar-refractivity contribution is 5.76. The minimum Gasteiger partial charge on any atom is -0.497 e. The van der Waals surface area contributed by atoms with E-state index in [1.165, 1.54) is 16.7 Å². The van der Waals surface area contributed by atoms with Crippen LogP contribution in [0.5, 0.6) is 5.75 Å². The van der Waals surface area contributed by atoms with Crippen molar-refractivity contribution in [3.05, 3.63) is 138 Å². The van der Waals surface area contributed by atoms with Gasteiger partial charge in [-0.2, -0.15) is 0 Å². The van der Waals surface area contributed by atoms with Crippen molar-refractivity contribution in [3.63, 3.8) is 0 Å². The Balaban J connectivity index is 1.65. The summed E-state index contributed by atoms with van der Waals surface area (Å²) in [5, 5.41) is 0. The van der Waals surface area contributed by atoms with E-state index in [1.807, 2.05) is 24.3 Å². The van der Waals surface area contributed by atoms with Crippen LogP contribution in [0.3, 0.4) is 0 Å². The summed E-state index contributed by atoms with van der Waals surface area (Å²) in [5.74, 6) is 0.855. The molecular weight excluding hydrogens is 466 g/mol. The second kappa shape index (κ2) is 12.4. The van der Waals surface area contributed by atoms with Crippen molar-refractivity contribution in [2.24, 2.45) is 0 Å². The van der Waals surface area contributed by atoms with Crippen LogP contribution in [0.2, 0.25) is 0 Å².